The Bertz CT molecular complexity index is 1980. The van der Waals surface area contributed by atoms with Crippen molar-refractivity contribution in [3.05, 3.63) is 113 Å². The average Bonchev–Trinajstić information content (AvgIpc) is 2.99. The zero-order valence-corrected chi connectivity index (χ0v) is 21.9. The SMILES string of the molecule is COc1cc2nccc(Oc3ccc(Nc4nccc5ccn(-c6ccc(F)cc6)c(=O)c45)cc3F)c2cc1OC. The second-order valence-corrected chi connectivity index (χ2v) is 9.00. The van der Waals surface area contributed by atoms with Crippen molar-refractivity contribution >= 4 is 33.2 Å². The Morgan fingerprint density at radius 3 is 2.29 bits per heavy atom. The number of methoxy groups -OCH3 is 2. The fourth-order valence-corrected chi connectivity index (χ4v) is 4.54. The molecule has 204 valence electrons. The number of hydrogen-bond donors (Lipinski definition) is 1. The fourth-order valence-electron chi connectivity index (χ4n) is 4.54. The summed E-state index contributed by atoms with van der Waals surface area (Å²) in [7, 11) is 3.05. The first-order valence-corrected chi connectivity index (χ1v) is 12.5. The molecule has 3 heterocycles. The number of nitrogens with zero attached hydrogens (tertiary/aromatic N) is 3. The van der Waals surface area contributed by atoms with E-state index >= 15 is 4.39 Å². The third-order valence-corrected chi connectivity index (χ3v) is 6.55. The summed E-state index contributed by atoms with van der Waals surface area (Å²) in [6, 6.07) is 18.5. The maximum Gasteiger partial charge on any atom is 0.266 e. The molecular formula is C31H22F2N4O4. The number of fused-ring (bicyclic) bond motifs is 2. The van der Waals surface area contributed by atoms with E-state index in [4.69, 9.17) is 14.2 Å². The molecule has 0 saturated carbocycles. The van der Waals surface area contributed by atoms with Crippen molar-refractivity contribution < 1.29 is 23.0 Å². The third kappa shape index (κ3) is 4.87. The number of aromatic nitrogens is 3. The number of pyridine rings is 3. The summed E-state index contributed by atoms with van der Waals surface area (Å²) in [6.07, 6.45) is 4.72. The lowest BCUT2D eigenvalue weighted by atomic mass is 10.1. The maximum atomic E-state index is 15.3. The maximum absolute atomic E-state index is 15.3. The number of benzene rings is 3. The molecule has 0 amide bonds. The van der Waals surface area contributed by atoms with Gasteiger partial charge in [0.05, 0.1) is 25.1 Å². The minimum Gasteiger partial charge on any atom is -0.493 e. The van der Waals surface area contributed by atoms with Crippen molar-refractivity contribution in [2.45, 2.75) is 0 Å². The van der Waals surface area contributed by atoms with Crippen LogP contribution < -0.4 is 25.1 Å². The molecule has 0 saturated heterocycles. The highest BCUT2D eigenvalue weighted by Gasteiger charge is 2.15. The van der Waals surface area contributed by atoms with Crippen LogP contribution in [-0.4, -0.2) is 28.8 Å². The monoisotopic (exact) mass is 552 g/mol. The molecule has 0 radical (unpaired) electrons. The van der Waals surface area contributed by atoms with Crippen molar-refractivity contribution in [1.82, 2.24) is 14.5 Å². The lowest BCUT2D eigenvalue weighted by molar-refractivity contribution is 0.355. The quantitative estimate of drug-likeness (QED) is 0.234. The zero-order valence-electron chi connectivity index (χ0n) is 21.9. The largest absolute Gasteiger partial charge is 0.493 e. The lowest BCUT2D eigenvalue weighted by Gasteiger charge is -2.14. The smallest absolute Gasteiger partial charge is 0.266 e. The Labute approximate surface area is 232 Å². The first-order valence-electron chi connectivity index (χ1n) is 12.5. The van der Waals surface area contributed by atoms with E-state index in [-0.39, 0.29) is 17.1 Å². The summed E-state index contributed by atoms with van der Waals surface area (Å²) >= 11 is 0. The predicted octanol–water partition coefficient (Wildman–Crippen LogP) is 6.77. The Balaban J connectivity index is 1.32. The fraction of sp³-hybridized carbons (Fsp3) is 0.0645. The molecule has 41 heavy (non-hydrogen) atoms. The van der Waals surface area contributed by atoms with Gasteiger partial charge in [-0.2, -0.15) is 0 Å². The highest BCUT2D eigenvalue weighted by molar-refractivity contribution is 5.92. The minimum absolute atomic E-state index is 0.0117. The van der Waals surface area contributed by atoms with Crippen LogP contribution in [0.15, 0.2) is 96.2 Å². The van der Waals surface area contributed by atoms with Gasteiger partial charge in [0.2, 0.25) is 0 Å². The van der Waals surface area contributed by atoms with E-state index in [1.54, 1.807) is 55.0 Å². The Morgan fingerprint density at radius 1 is 0.780 bits per heavy atom. The van der Waals surface area contributed by atoms with Gasteiger partial charge in [-0.3, -0.25) is 14.3 Å². The molecule has 8 nitrogen and oxygen atoms in total. The highest BCUT2D eigenvalue weighted by Crippen LogP contribution is 2.37. The Morgan fingerprint density at radius 2 is 1.54 bits per heavy atom. The molecule has 0 aliphatic heterocycles. The lowest BCUT2D eigenvalue weighted by Crippen LogP contribution is -2.19. The third-order valence-electron chi connectivity index (χ3n) is 6.55. The van der Waals surface area contributed by atoms with Gasteiger partial charge in [0.15, 0.2) is 23.1 Å². The predicted molar refractivity (Wildman–Crippen MR) is 152 cm³/mol. The minimum atomic E-state index is -0.635. The van der Waals surface area contributed by atoms with Gasteiger partial charge >= 0.3 is 0 Å². The molecule has 1 N–H and O–H groups in total. The highest BCUT2D eigenvalue weighted by atomic mass is 19.1. The summed E-state index contributed by atoms with van der Waals surface area (Å²) in [5.74, 6) is 0.576. The van der Waals surface area contributed by atoms with Crippen molar-refractivity contribution in [1.29, 1.82) is 0 Å². The van der Waals surface area contributed by atoms with E-state index in [1.807, 2.05) is 0 Å². The van der Waals surface area contributed by atoms with Crippen molar-refractivity contribution in [2.24, 2.45) is 0 Å². The molecule has 0 aliphatic rings. The van der Waals surface area contributed by atoms with E-state index in [2.05, 4.69) is 15.3 Å². The van der Waals surface area contributed by atoms with Crippen LogP contribution in [-0.2, 0) is 0 Å². The van der Waals surface area contributed by atoms with E-state index in [0.29, 0.717) is 50.3 Å². The van der Waals surface area contributed by atoms with E-state index < -0.39 is 11.6 Å². The van der Waals surface area contributed by atoms with E-state index in [0.717, 1.165) is 0 Å². The molecule has 0 aliphatic carbocycles. The molecule has 0 atom stereocenters. The number of ether oxygens (including phenoxy) is 3. The molecule has 3 aromatic heterocycles. The summed E-state index contributed by atoms with van der Waals surface area (Å²) in [4.78, 5) is 22.1. The van der Waals surface area contributed by atoms with Crippen LogP contribution in [0.2, 0.25) is 0 Å². The summed E-state index contributed by atoms with van der Waals surface area (Å²) < 4.78 is 46.7. The van der Waals surface area contributed by atoms with Crippen LogP contribution in [0.5, 0.6) is 23.0 Å². The van der Waals surface area contributed by atoms with Crippen molar-refractivity contribution in [3.63, 3.8) is 0 Å². The van der Waals surface area contributed by atoms with Crippen LogP contribution in [0.4, 0.5) is 20.3 Å². The van der Waals surface area contributed by atoms with E-state index in [1.165, 1.54) is 55.2 Å². The standard InChI is InChI=1S/C31H22F2N4O4/c1-39-27-16-22-24(17-28(27)40-2)34-13-10-25(22)41-26-8-5-20(15-23(26)33)36-30-29-18(9-12-35-30)11-14-37(31(29)38)21-6-3-19(32)4-7-21/h3-17H,1-2H3,(H,35,36). The average molecular weight is 553 g/mol. The van der Waals surface area contributed by atoms with Gasteiger partial charge in [0.1, 0.15) is 17.4 Å². The summed E-state index contributed by atoms with van der Waals surface area (Å²) in [5.41, 5.74) is 1.09. The van der Waals surface area contributed by atoms with Crippen LogP contribution >= 0.6 is 0 Å². The number of rotatable bonds is 7. The molecule has 0 fully saturated rings. The normalized spacial score (nSPS) is 11.0. The van der Waals surface area contributed by atoms with Gasteiger partial charge in [0, 0.05) is 47.5 Å². The first-order chi connectivity index (χ1) is 19.9. The summed E-state index contributed by atoms with van der Waals surface area (Å²) in [6.45, 7) is 0. The van der Waals surface area contributed by atoms with Crippen LogP contribution in [0.25, 0.3) is 27.4 Å². The zero-order chi connectivity index (χ0) is 28.5. The van der Waals surface area contributed by atoms with Gasteiger partial charge in [-0.25, -0.2) is 13.8 Å². The molecule has 6 aromatic rings. The van der Waals surface area contributed by atoms with Gasteiger partial charge in [-0.05, 0) is 66.0 Å². The van der Waals surface area contributed by atoms with Gasteiger partial charge < -0.3 is 19.5 Å². The van der Waals surface area contributed by atoms with Crippen LogP contribution in [0.3, 0.4) is 0 Å². The molecule has 3 aromatic carbocycles. The molecule has 0 bridgehead atoms. The van der Waals surface area contributed by atoms with Gasteiger partial charge in [0.25, 0.3) is 5.56 Å². The van der Waals surface area contributed by atoms with Crippen molar-refractivity contribution in [2.75, 3.05) is 19.5 Å². The second-order valence-electron chi connectivity index (χ2n) is 9.00. The van der Waals surface area contributed by atoms with Crippen molar-refractivity contribution in [3.8, 4) is 28.7 Å². The Hall–Kier alpha value is -5.51. The second kappa shape index (κ2) is 10.6. The van der Waals surface area contributed by atoms with Gasteiger partial charge in [-0.1, -0.05) is 0 Å². The van der Waals surface area contributed by atoms with Gasteiger partial charge in [-0.15, -0.1) is 0 Å². The Kier molecular flexibility index (Phi) is 6.64. The molecule has 0 spiro atoms. The summed E-state index contributed by atoms with van der Waals surface area (Å²) in [5, 5.41) is 4.60. The first kappa shape index (κ1) is 25.8. The number of halogens is 2. The topological polar surface area (TPSA) is 87.5 Å². The van der Waals surface area contributed by atoms with Crippen LogP contribution in [0, 0.1) is 11.6 Å². The number of anilines is 2. The molecular weight excluding hydrogens is 530 g/mol. The number of nitrogens with one attached hydrogen (secondary N) is 1. The molecule has 10 heteroatoms. The number of hydrogen-bond acceptors (Lipinski definition) is 7. The van der Waals surface area contributed by atoms with Crippen LogP contribution in [0.1, 0.15) is 0 Å². The van der Waals surface area contributed by atoms with E-state index in [9.17, 15) is 9.18 Å². The molecule has 0 unspecified atom stereocenters. The molecule has 6 rings (SSSR count).